The van der Waals surface area contributed by atoms with Gasteiger partial charge >= 0.3 is 0 Å². The minimum absolute atomic E-state index is 0.181. The standard InChI is InChI=1S/C20H24N6O3S/c1-30-11-10-17(26-19(28)15-4-2-3-5-16(15)20(26)29)18(27)22-13-6-8-14(9-7-13)25-12-21-23-24-25/h6-9,12,15-17H,2-5,10-11H2,1H3,(H,22,27)/t15-,16+,17-/m0/s1. The number of fused-ring (bicyclic) bond motifs is 1. The molecule has 0 unspecified atom stereocenters. The van der Waals surface area contributed by atoms with Gasteiger partial charge in [0.15, 0.2) is 0 Å². The fraction of sp³-hybridized carbons (Fsp3) is 0.500. The summed E-state index contributed by atoms with van der Waals surface area (Å²) in [6.45, 7) is 0. The monoisotopic (exact) mass is 428 g/mol. The average molecular weight is 429 g/mol. The Morgan fingerprint density at radius 3 is 2.40 bits per heavy atom. The van der Waals surface area contributed by atoms with Crippen LogP contribution in [-0.4, -0.2) is 60.9 Å². The Morgan fingerprint density at radius 1 is 1.17 bits per heavy atom. The van der Waals surface area contributed by atoms with Crippen LogP contribution in [0.15, 0.2) is 30.6 Å². The van der Waals surface area contributed by atoms with E-state index in [1.807, 2.05) is 6.26 Å². The van der Waals surface area contributed by atoms with Crippen LogP contribution in [-0.2, 0) is 14.4 Å². The van der Waals surface area contributed by atoms with Crippen LogP contribution in [0.2, 0.25) is 0 Å². The van der Waals surface area contributed by atoms with Crippen molar-refractivity contribution < 1.29 is 14.4 Å². The van der Waals surface area contributed by atoms with E-state index in [0.29, 0.717) is 17.9 Å². The summed E-state index contributed by atoms with van der Waals surface area (Å²) in [5.41, 5.74) is 1.34. The van der Waals surface area contributed by atoms with Crippen LogP contribution in [0.4, 0.5) is 5.69 Å². The predicted molar refractivity (Wildman–Crippen MR) is 112 cm³/mol. The highest BCUT2D eigenvalue weighted by Gasteiger charge is 2.51. The van der Waals surface area contributed by atoms with Crippen molar-refractivity contribution in [1.29, 1.82) is 0 Å². The first-order valence-corrected chi connectivity index (χ1v) is 11.5. The number of nitrogens with one attached hydrogen (secondary N) is 1. The Kier molecular flexibility index (Phi) is 6.12. The zero-order valence-corrected chi connectivity index (χ0v) is 17.5. The van der Waals surface area contributed by atoms with E-state index in [4.69, 9.17) is 0 Å². The molecule has 158 valence electrons. The third-order valence-corrected chi connectivity index (χ3v) is 6.48. The molecule has 1 aliphatic heterocycles. The van der Waals surface area contributed by atoms with Crippen molar-refractivity contribution in [3.05, 3.63) is 30.6 Å². The number of amides is 3. The molecule has 0 radical (unpaired) electrons. The molecule has 1 saturated carbocycles. The van der Waals surface area contributed by atoms with E-state index in [-0.39, 0.29) is 29.6 Å². The van der Waals surface area contributed by atoms with Gasteiger partial charge in [0.2, 0.25) is 17.7 Å². The fourth-order valence-corrected chi connectivity index (χ4v) is 4.76. The molecule has 0 spiro atoms. The maximum atomic E-state index is 13.1. The second kappa shape index (κ2) is 8.95. The molecule has 2 aromatic rings. The van der Waals surface area contributed by atoms with Crippen molar-refractivity contribution >= 4 is 35.2 Å². The zero-order chi connectivity index (χ0) is 21.1. The van der Waals surface area contributed by atoms with Crippen LogP contribution in [0.3, 0.4) is 0 Å². The van der Waals surface area contributed by atoms with Crippen LogP contribution < -0.4 is 5.32 Å². The molecule has 2 aliphatic rings. The third kappa shape index (κ3) is 3.96. The van der Waals surface area contributed by atoms with Crippen molar-refractivity contribution in [3.63, 3.8) is 0 Å². The number of tetrazole rings is 1. The summed E-state index contributed by atoms with van der Waals surface area (Å²) >= 11 is 1.59. The minimum atomic E-state index is -0.790. The number of rotatable bonds is 7. The Bertz CT molecular complexity index is 893. The van der Waals surface area contributed by atoms with Gasteiger partial charge in [0.25, 0.3) is 0 Å². The quantitative estimate of drug-likeness (QED) is 0.671. The molecule has 4 rings (SSSR count). The lowest BCUT2D eigenvalue weighted by atomic mass is 9.81. The normalized spacial score (nSPS) is 22.1. The number of aromatic nitrogens is 4. The van der Waals surface area contributed by atoms with Gasteiger partial charge < -0.3 is 5.32 Å². The summed E-state index contributed by atoms with van der Waals surface area (Å²) in [5, 5.41) is 13.9. The Morgan fingerprint density at radius 2 is 1.83 bits per heavy atom. The van der Waals surface area contributed by atoms with Crippen molar-refractivity contribution in [2.24, 2.45) is 11.8 Å². The van der Waals surface area contributed by atoms with Gasteiger partial charge in [0, 0.05) is 5.69 Å². The summed E-state index contributed by atoms with van der Waals surface area (Å²) in [5.74, 6) is -0.528. The van der Waals surface area contributed by atoms with Gasteiger partial charge in [-0.15, -0.1) is 5.10 Å². The van der Waals surface area contributed by atoms with Crippen LogP contribution in [0.5, 0.6) is 0 Å². The highest BCUT2D eigenvalue weighted by atomic mass is 32.2. The molecule has 30 heavy (non-hydrogen) atoms. The van der Waals surface area contributed by atoms with E-state index >= 15 is 0 Å². The van der Waals surface area contributed by atoms with Gasteiger partial charge in [-0.2, -0.15) is 11.8 Å². The first kappa shape index (κ1) is 20.5. The van der Waals surface area contributed by atoms with Crippen molar-refractivity contribution in [1.82, 2.24) is 25.1 Å². The average Bonchev–Trinajstić information content (AvgIpc) is 3.38. The van der Waals surface area contributed by atoms with Gasteiger partial charge in [-0.05, 0) is 66.0 Å². The highest BCUT2D eigenvalue weighted by molar-refractivity contribution is 7.98. The van der Waals surface area contributed by atoms with Crippen molar-refractivity contribution in [3.8, 4) is 5.69 Å². The topological polar surface area (TPSA) is 110 Å². The summed E-state index contributed by atoms with van der Waals surface area (Å²) in [6, 6.07) is 6.26. The lowest BCUT2D eigenvalue weighted by molar-refractivity contribution is -0.146. The molecular formula is C20H24N6O3S. The molecule has 1 saturated heterocycles. The molecule has 10 heteroatoms. The number of carbonyl (C=O) groups excluding carboxylic acids is 3. The largest absolute Gasteiger partial charge is 0.324 e. The maximum absolute atomic E-state index is 13.1. The molecule has 1 N–H and O–H groups in total. The number of benzene rings is 1. The molecular weight excluding hydrogens is 404 g/mol. The highest BCUT2D eigenvalue weighted by Crippen LogP contribution is 2.39. The fourth-order valence-electron chi connectivity index (χ4n) is 4.30. The second-order valence-corrected chi connectivity index (χ2v) is 8.62. The van der Waals surface area contributed by atoms with Crippen LogP contribution in [0, 0.1) is 11.8 Å². The SMILES string of the molecule is CSCC[C@@H](C(=O)Nc1ccc(-n2cnnn2)cc1)N1C(=O)[C@H]2CCCC[C@H]2C1=O. The van der Waals surface area contributed by atoms with E-state index in [1.165, 1.54) is 15.9 Å². The predicted octanol–water partition coefficient (Wildman–Crippen LogP) is 1.90. The van der Waals surface area contributed by atoms with Gasteiger partial charge in [-0.3, -0.25) is 19.3 Å². The number of hydrogen-bond donors (Lipinski definition) is 1. The summed E-state index contributed by atoms with van der Waals surface area (Å²) in [7, 11) is 0. The second-order valence-electron chi connectivity index (χ2n) is 7.63. The van der Waals surface area contributed by atoms with E-state index < -0.39 is 6.04 Å². The van der Waals surface area contributed by atoms with Gasteiger partial charge in [-0.1, -0.05) is 12.8 Å². The number of likely N-dealkylation sites (tertiary alicyclic amines) is 1. The van der Waals surface area contributed by atoms with Crippen LogP contribution in [0.25, 0.3) is 5.69 Å². The summed E-state index contributed by atoms with van der Waals surface area (Å²) in [6.07, 6.45) is 7.26. The molecule has 1 aliphatic carbocycles. The minimum Gasteiger partial charge on any atom is -0.324 e. The van der Waals surface area contributed by atoms with E-state index in [0.717, 1.165) is 31.4 Å². The van der Waals surface area contributed by atoms with Gasteiger partial charge in [0.1, 0.15) is 12.4 Å². The number of anilines is 1. The Hall–Kier alpha value is -2.75. The van der Waals surface area contributed by atoms with Gasteiger partial charge in [-0.25, -0.2) is 4.68 Å². The Balaban J connectivity index is 1.51. The van der Waals surface area contributed by atoms with E-state index in [2.05, 4.69) is 20.8 Å². The molecule has 0 bridgehead atoms. The Labute approximate surface area is 178 Å². The van der Waals surface area contributed by atoms with Crippen molar-refractivity contribution in [2.75, 3.05) is 17.3 Å². The maximum Gasteiger partial charge on any atom is 0.247 e. The first-order valence-electron chi connectivity index (χ1n) is 10.1. The molecule has 3 amide bonds. The van der Waals surface area contributed by atoms with E-state index in [1.54, 1.807) is 36.0 Å². The summed E-state index contributed by atoms with van der Waals surface area (Å²) in [4.78, 5) is 40.3. The molecule has 3 atom stereocenters. The van der Waals surface area contributed by atoms with Crippen LogP contribution in [0.1, 0.15) is 32.1 Å². The molecule has 1 aromatic carbocycles. The van der Waals surface area contributed by atoms with Gasteiger partial charge in [0.05, 0.1) is 17.5 Å². The zero-order valence-electron chi connectivity index (χ0n) is 16.7. The lowest BCUT2D eigenvalue weighted by Crippen LogP contribution is -2.48. The number of carbonyl (C=O) groups is 3. The lowest BCUT2D eigenvalue weighted by Gasteiger charge is -2.26. The number of thioether (sulfide) groups is 1. The number of hydrogen-bond acceptors (Lipinski definition) is 7. The molecule has 9 nitrogen and oxygen atoms in total. The van der Waals surface area contributed by atoms with E-state index in [9.17, 15) is 14.4 Å². The first-order chi connectivity index (χ1) is 14.6. The smallest absolute Gasteiger partial charge is 0.247 e. The molecule has 1 aromatic heterocycles. The number of nitrogens with zero attached hydrogens (tertiary/aromatic N) is 5. The third-order valence-electron chi connectivity index (χ3n) is 5.83. The summed E-state index contributed by atoms with van der Waals surface area (Å²) < 4.78 is 1.51. The van der Waals surface area contributed by atoms with Crippen LogP contribution >= 0.6 is 11.8 Å². The number of imide groups is 1. The van der Waals surface area contributed by atoms with Crippen molar-refractivity contribution in [2.45, 2.75) is 38.1 Å². The molecule has 2 heterocycles. The molecule has 2 fully saturated rings.